The molecule has 0 saturated heterocycles. The van der Waals surface area contributed by atoms with E-state index in [-0.39, 0.29) is 5.97 Å². The van der Waals surface area contributed by atoms with Gasteiger partial charge < -0.3 is 4.74 Å². The Balaban J connectivity index is 2.01. The lowest BCUT2D eigenvalue weighted by Crippen LogP contribution is -2.11. The van der Waals surface area contributed by atoms with Crippen LogP contribution in [0.25, 0.3) is 10.7 Å². The van der Waals surface area contributed by atoms with Crippen LogP contribution in [0.15, 0.2) is 53.7 Å². The zero-order chi connectivity index (χ0) is 16.2. The fourth-order valence-electron chi connectivity index (χ4n) is 1.97. The summed E-state index contributed by atoms with van der Waals surface area (Å²) in [4.78, 5) is 21.1. The van der Waals surface area contributed by atoms with Crippen LogP contribution in [-0.2, 0) is 11.8 Å². The van der Waals surface area contributed by atoms with Gasteiger partial charge in [0, 0.05) is 13.2 Å². The molecule has 3 rings (SSSR count). The van der Waals surface area contributed by atoms with Gasteiger partial charge in [-0.3, -0.25) is 4.98 Å². The van der Waals surface area contributed by atoms with Gasteiger partial charge in [-0.15, -0.1) is 0 Å². The Morgan fingerprint density at radius 2 is 2.13 bits per heavy atom. The molecule has 0 unspecified atom stereocenters. The third kappa shape index (κ3) is 3.35. The molecule has 0 aliphatic heterocycles. The van der Waals surface area contributed by atoms with E-state index in [1.165, 1.54) is 18.4 Å². The third-order valence-corrected chi connectivity index (χ3v) is 4.10. The Bertz CT molecular complexity index is 900. The van der Waals surface area contributed by atoms with Gasteiger partial charge in [0.1, 0.15) is 5.69 Å². The molecular formula is C16H14N4O2S. The van der Waals surface area contributed by atoms with Crippen LogP contribution in [0.2, 0.25) is 0 Å². The normalized spacial score (nSPS) is 11.5. The molecule has 0 fully saturated rings. The molecule has 0 radical (unpaired) electrons. The van der Waals surface area contributed by atoms with Gasteiger partial charge in [-0.1, -0.05) is 23.5 Å². The van der Waals surface area contributed by atoms with Gasteiger partial charge >= 0.3 is 5.97 Å². The number of hydrogen-bond acceptors (Lipinski definition) is 6. The van der Waals surface area contributed by atoms with E-state index < -0.39 is 0 Å². The molecule has 0 amide bonds. The maximum atomic E-state index is 11.6. The number of aryl methyl sites for hydroxylation is 1. The molecule has 6 nitrogen and oxygen atoms in total. The highest BCUT2D eigenvalue weighted by molar-refractivity contribution is 7.12. The summed E-state index contributed by atoms with van der Waals surface area (Å²) in [5, 5.41) is 5.23. The van der Waals surface area contributed by atoms with Crippen molar-refractivity contribution in [2.75, 3.05) is 7.11 Å². The zero-order valence-corrected chi connectivity index (χ0v) is 13.4. The Morgan fingerprint density at radius 1 is 1.26 bits per heavy atom. The van der Waals surface area contributed by atoms with Crippen molar-refractivity contribution in [1.29, 1.82) is 0 Å². The maximum Gasteiger partial charge on any atom is 0.337 e. The number of hydrogen-bond donors (Lipinski definition) is 0. The fraction of sp³-hybridized carbons (Fsp3) is 0.125. The largest absolute Gasteiger partial charge is 0.465 e. The van der Waals surface area contributed by atoms with Gasteiger partial charge in [0.2, 0.25) is 4.80 Å². The van der Waals surface area contributed by atoms with Gasteiger partial charge in [0.05, 0.1) is 18.4 Å². The number of benzene rings is 1. The lowest BCUT2D eigenvalue weighted by Gasteiger charge is -1.99. The summed E-state index contributed by atoms with van der Waals surface area (Å²) >= 11 is 1.43. The van der Waals surface area contributed by atoms with Crippen molar-refractivity contribution in [3.63, 3.8) is 0 Å². The Hall–Kier alpha value is -2.80. The molecule has 0 N–H and O–H groups in total. The van der Waals surface area contributed by atoms with Crippen LogP contribution in [-0.4, -0.2) is 27.8 Å². The monoisotopic (exact) mass is 326 g/mol. The molecular weight excluding hydrogens is 312 g/mol. The summed E-state index contributed by atoms with van der Waals surface area (Å²) in [6.45, 7) is 0. The quantitative estimate of drug-likeness (QED) is 0.694. The molecule has 0 aliphatic carbocycles. The minimum absolute atomic E-state index is 0.384. The molecule has 1 aromatic carbocycles. The molecule has 0 spiro atoms. The topological polar surface area (TPSA) is 69.4 Å². The number of esters is 1. The van der Waals surface area contributed by atoms with E-state index in [2.05, 4.69) is 15.1 Å². The first kappa shape index (κ1) is 15.1. The van der Waals surface area contributed by atoms with E-state index in [1.54, 1.807) is 29.1 Å². The minimum atomic E-state index is -0.384. The highest BCUT2D eigenvalue weighted by Crippen LogP contribution is 2.18. The van der Waals surface area contributed by atoms with Crippen molar-refractivity contribution in [3.05, 3.63) is 59.0 Å². The molecule has 3 aromatic rings. The van der Waals surface area contributed by atoms with Crippen molar-refractivity contribution in [2.24, 2.45) is 12.0 Å². The second-order valence-corrected chi connectivity index (χ2v) is 5.64. The molecule has 0 bridgehead atoms. The summed E-state index contributed by atoms with van der Waals surface area (Å²) in [7, 11) is 3.18. The Labute approximate surface area is 136 Å². The highest BCUT2D eigenvalue weighted by atomic mass is 32.1. The van der Waals surface area contributed by atoms with Crippen LogP contribution in [0, 0.1) is 0 Å². The van der Waals surface area contributed by atoms with Crippen molar-refractivity contribution in [2.45, 2.75) is 0 Å². The number of pyridine rings is 1. The van der Waals surface area contributed by atoms with Crippen molar-refractivity contribution < 1.29 is 9.53 Å². The van der Waals surface area contributed by atoms with Crippen molar-refractivity contribution in [1.82, 2.24) is 14.8 Å². The molecule has 7 heteroatoms. The van der Waals surface area contributed by atoms with E-state index in [4.69, 9.17) is 4.74 Å². The Morgan fingerprint density at radius 3 is 2.87 bits per heavy atom. The average molecular weight is 326 g/mol. The number of nitrogens with zero attached hydrogens (tertiary/aromatic N) is 4. The zero-order valence-electron chi connectivity index (χ0n) is 12.6. The van der Waals surface area contributed by atoms with Gasteiger partial charge in [-0.25, -0.2) is 14.5 Å². The first-order valence-electron chi connectivity index (χ1n) is 6.86. The number of carbonyl (C=O) groups is 1. The van der Waals surface area contributed by atoms with Crippen LogP contribution in [0.3, 0.4) is 0 Å². The van der Waals surface area contributed by atoms with Crippen LogP contribution >= 0.6 is 11.3 Å². The SMILES string of the molecule is COC(=O)c1cccc(N=c2sc(-c3ccccn3)nn2C)c1. The summed E-state index contributed by atoms with van der Waals surface area (Å²) in [5.74, 6) is -0.384. The lowest BCUT2D eigenvalue weighted by atomic mass is 10.2. The Kier molecular flexibility index (Phi) is 4.29. The molecule has 0 aliphatic rings. The standard InChI is InChI=1S/C16H14N4O2S/c1-20-16(23-14(19-20)13-8-3-4-9-17-13)18-12-7-5-6-11(10-12)15(21)22-2/h3-10H,1-2H3. The van der Waals surface area contributed by atoms with Crippen LogP contribution in [0.1, 0.15) is 10.4 Å². The minimum Gasteiger partial charge on any atom is -0.465 e. The average Bonchev–Trinajstić information content (AvgIpc) is 2.96. The second-order valence-electron chi connectivity index (χ2n) is 4.68. The number of ether oxygens (including phenoxy) is 1. The molecule has 116 valence electrons. The third-order valence-electron chi connectivity index (χ3n) is 3.08. The van der Waals surface area contributed by atoms with E-state index in [0.717, 1.165) is 10.7 Å². The smallest absolute Gasteiger partial charge is 0.337 e. The first-order valence-corrected chi connectivity index (χ1v) is 7.67. The number of carbonyl (C=O) groups excluding carboxylic acids is 1. The summed E-state index contributed by atoms with van der Waals surface area (Å²) in [5.41, 5.74) is 1.93. The molecule has 0 saturated carbocycles. The van der Waals surface area contributed by atoms with Gasteiger partial charge in [0.15, 0.2) is 5.01 Å². The first-order chi connectivity index (χ1) is 11.2. The summed E-state index contributed by atoms with van der Waals surface area (Å²) < 4.78 is 6.42. The number of rotatable bonds is 3. The van der Waals surface area contributed by atoms with Crippen molar-refractivity contribution in [3.8, 4) is 10.7 Å². The molecule has 2 heterocycles. The molecule has 23 heavy (non-hydrogen) atoms. The maximum absolute atomic E-state index is 11.6. The fourth-order valence-corrected chi connectivity index (χ4v) is 2.86. The second kappa shape index (κ2) is 6.53. The number of aromatic nitrogens is 3. The van der Waals surface area contributed by atoms with Crippen molar-refractivity contribution >= 4 is 23.0 Å². The summed E-state index contributed by atoms with van der Waals surface area (Å²) in [6, 6.07) is 12.7. The molecule has 0 atom stereocenters. The van der Waals surface area contributed by atoms with E-state index in [0.29, 0.717) is 16.1 Å². The predicted octanol–water partition coefficient (Wildman–Crippen LogP) is 2.56. The van der Waals surface area contributed by atoms with E-state index in [9.17, 15) is 4.79 Å². The van der Waals surface area contributed by atoms with E-state index >= 15 is 0 Å². The van der Waals surface area contributed by atoms with Gasteiger partial charge in [-0.2, -0.15) is 5.10 Å². The van der Waals surface area contributed by atoms with Crippen LogP contribution in [0.4, 0.5) is 5.69 Å². The predicted molar refractivity (Wildman–Crippen MR) is 87.3 cm³/mol. The van der Waals surface area contributed by atoms with Gasteiger partial charge in [0.25, 0.3) is 0 Å². The summed E-state index contributed by atoms with van der Waals surface area (Å²) in [6.07, 6.45) is 1.73. The lowest BCUT2D eigenvalue weighted by molar-refractivity contribution is 0.0601. The molecule has 2 aromatic heterocycles. The van der Waals surface area contributed by atoms with Gasteiger partial charge in [-0.05, 0) is 30.3 Å². The number of methoxy groups -OCH3 is 1. The van der Waals surface area contributed by atoms with Crippen LogP contribution in [0.5, 0.6) is 0 Å². The highest BCUT2D eigenvalue weighted by Gasteiger charge is 2.07. The van der Waals surface area contributed by atoms with E-state index in [1.807, 2.05) is 31.3 Å². The van der Waals surface area contributed by atoms with Crippen LogP contribution < -0.4 is 4.80 Å².